The third-order valence-corrected chi connectivity index (χ3v) is 4.62. The number of aromatic nitrogens is 4. The summed E-state index contributed by atoms with van der Waals surface area (Å²) in [6.45, 7) is 1.14. The average Bonchev–Trinajstić information content (AvgIpc) is 3.20. The minimum Gasteiger partial charge on any atom is -0.316 e. The molecule has 3 N–H and O–H groups in total. The Bertz CT molecular complexity index is 643. The fourth-order valence-corrected chi connectivity index (χ4v) is 3.23. The number of nitrogens with zero attached hydrogens (tertiary/aromatic N) is 4. The van der Waals surface area contributed by atoms with Gasteiger partial charge in [0.05, 0.1) is 5.41 Å². The molecule has 0 spiro atoms. The van der Waals surface area contributed by atoms with Gasteiger partial charge in [0.25, 0.3) is 0 Å². The normalized spacial score (nSPS) is 19.8. The van der Waals surface area contributed by atoms with Crippen molar-refractivity contribution in [3.63, 3.8) is 0 Å². The molecule has 2 aromatic rings. The molecule has 1 atom stereocenters. The molecule has 2 aromatic heterocycles. The molecule has 1 aliphatic rings. The number of carbonyl (C=O) groups excluding carboxylic acids is 2. The van der Waals surface area contributed by atoms with E-state index >= 15 is 0 Å². The Balaban J connectivity index is 0.00000192. The molecule has 1 saturated heterocycles. The van der Waals surface area contributed by atoms with Gasteiger partial charge in [0.15, 0.2) is 0 Å². The maximum Gasteiger partial charge on any atom is 0.234 e. The van der Waals surface area contributed by atoms with Gasteiger partial charge in [-0.2, -0.15) is 0 Å². The molecule has 3 heterocycles. The number of hydrogen-bond acceptors (Lipinski definition) is 9. The highest BCUT2D eigenvalue weighted by atomic mass is 35.5. The standard InChI is InChI=1S/C11H13N7O2S2.ClH/c19-7(15-9-17-13-5-21-9)3-11(1-2-12-4-11)8(20)16-10-18-14-6-22-10;/h5-6,12H,1-4H2,(H,15,17,19)(H,16,18,20);1H. The third kappa shape index (κ3) is 4.19. The van der Waals surface area contributed by atoms with Crippen LogP contribution in [-0.4, -0.2) is 45.3 Å². The number of halogens is 1. The van der Waals surface area contributed by atoms with E-state index in [0.29, 0.717) is 29.8 Å². The van der Waals surface area contributed by atoms with Crippen LogP contribution < -0.4 is 16.0 Å². The Labute approximate surface area is 145 Å². The first kappa shape index (κ1) is 17.7. The van der Waals surface area contributed by atoms with Crippen molar-refractivity contribution in [1.82, 2.24) is 25.7 Å². The van der Waals surface area contributed by atoms with Crippen molar-refractivity contribution in [2.75, 3.05) is 23.7 Å². The van der Waals surface area contributed by atoms with Gasteiger partial charge >= 0.3 is 0 Å². The van der Waals surface area contributed by atoms with E-state index in [1.165, 1.54) is 33.7 Å². The zero-order valence-corrected chi connectivity index (χ0v) is 14.3. The summed E-state index contributed by atoms with van der Waals surface area (Å²) in [5.74, 6) is -0.477. The van der Waals surface area contributed by atoms with Crippen molar-refractivity contribution in [3.05, 3.63) is 11.0 Å². The molecular weight excluding hydrogens is 362 g/mol. The van der Waals surface area contributed by atoms with Gasteiger partial charge in [0, 0.05) is 13.0 Å². The SMILES string of the molecule is Cl.O=C(CC1(C(=O)Nc2nncs2)CCNC1)Nc1nncs1. The second-order valence-electron chi connectivity index (χ2n) is 4.87. The lowest BCUT2D eigenvalue weighted by molar-refractivity contribution is -0.129. The van der Waals surface area contributed by atoms with E-state index in [9.17, 15) is 9.59 Å². The Hall–Kier alpha value is -1.69. The predicted octanol–water partition coefficient (Wildman–Crippen LogP) is 0.758. The van der Waals surface area contributed by atoms with E-state index < -0.39 is 5.41 Å². The maximum absolute atomic E-state index is 12.6. The van der Waals surface area contributed by atoms with Crippen LogP contribution in [0.3, 0.4) is 0 Å². The summed E-state index contributed by atoms with van der Waals surface area (Å²) in [4.78, 5) is 24.7. The zero-order valence-electron chi connectivity index (χ0n) is 11.8. The van der Waals surface area contributed by atoms with Gasteiger partial charge in [-0.1, -0.05) is 22.7 Å². The van der Waals surface area contributed by atoms with E-state index in [1.54, 1.807) is 0 Å². The summed E-state index contributed by atoms with van der Waals surface area (Å²) in [7, 11) is 0. The molecular formula is C11H14ClN7O2S2. The van der Waals surface area contributed by atoms with Crippen molar-refractivity contribution >= 4 is 57.2 Å². The molecule has 1 aliphatic heterocycles. The molecule has 23 heavy (non-hydrogen) atoms. The van der Waals surface area contributed by atoms with Gasteiger partial charge in [-0.15, -0.1) is 32.8 Å². The molecule has 0 radical (unpaired) electrons. The van der Waals surface area contributed by atoms with Crippen LogP contribution in [0.25, 0.3) is 0 Å². The minimum absolute atomic E-state index is 0. The van der Waals surface area contributed by atoms with Crippen LogP contribution in [0.2, 0.25) is 0 Å². The monoisotopic (exact) mass is 375 g/mol. The van der Waals surface area contributed by atoms with Gasteiger partial charge in [-0.05, 0) is 13.0 Å². The van der Waals surface area contributed by atoms with E-state index in [4.69, 9.17) is 0 Å². The van der Waals surface area contributed by atoms with E-state index in [-0.39, 0.29) is 30.6 Å². The van der Waals surface area contributed by atoms with Crippen LogP contribution in [0, 0.1) is 5.41 Å². The number of amides is 2. The molecule has 3 rings (SSSR count). The quantitative estimate of drug-likeness (QED) is 0.705. The molecule has 1 unspecified atom stereocenters. The Morgan fingerprint density at radius 1 is 1.17 bits per heavy atom. The number of carbonyl (C=O) groups is 2. The summed E-state index contributed by atoms with van der Waals surface area (Å²) in [6, 6.07) is 0. The van der Waals surface area contributed by atoms with Crippen LogP contribution in [0.5, 0.6) is 0 Å². The average molecular weight is 376 g/mol. The summed E-state index contributed by atoms with van der Waals surface area (Å²) in [5.41, 5.74) is 2.28. The molecule has 9 nitrogen and oxygen atoms in total. The fourth-order valence-electron chi connectivity index (χ4n) is 2.32. The smallest absolute Gasteiger partial charge is 0.234 e. The van der Waals surface area contributed by atoms with Crippen molar-refractivity contribution in [2.45, 2.75) is 12.8 Å². The van der Waals surface area contributed by atoms with Crippen LogP contribution >= 0.6 is 35.1 Å². The lowest BCUT2D eigenvalue weighted by Gasteiger charge is -2.25. The van der Waals surface area contributed by atoms with Crippen molar-refractivity contribution in [2.24, 2.45) is 5.41 Å². The summed E-state index contributed by atoms with van der Waals surface area (Å²) >= 11 is 2.47. The van der Waals surface area contributed by atoms with Crippen LogP contribution in [0.15, 0.2) is 11.0 Å². The summed E-state index contributed by atoms with van der Waals surface area (Å²) < 4.78 is 0. The van der Waals surface area contributed by atoms with Crippen LogP contribution in [-0.2, 0) is 9.59 Å². The van der Waals surface area contributed by atoms with Gasteiger partial charge < -0.3 is 10.6 Å². The maximum atomic E-state index is 12.6. The molecule has 2 amide bonds. The van der Waals surface area contributed by atoms with Crippen LogP contribution in [0.1, 0.15) is 12.8 Å². The topological polar surface area (TPSA) is 122 Å². The number of rotatable bonds is 5. The Morgan fingerprint density at radius 3 is 2.35 bits per heavy atom. The Morgan fingerprint density at radius 2 is 1.83 bits per heavy atom. The highest BCUT2D eigenvalue weighted by molar-refractivity contribution is 7.13. The van der Waals surface area contributed by atoms with Crippen molar-refractivity contribution < 1.29 is 9.59 Å². The van der Waals surface area contributed by atoms with E-state index in [1.807, 2.05) is 0 Å². The lowest BCUT2D eigenvalue weighted by atomic mass is 9.82. The first-order valence-electron chi connectivity index (χ1n) is 6.52. The first-order valence-corrected chi connectivity index (χ1v) is 8.28. The molecule has 1 fully saturated rings. The first-order chi connectivity index (χ1) is 10.7. The zero-order chi connectivity index (χ0) is 15.4. The van der Waals surface area contributed by atoms with Gasteiger partial charge in [0.2, 0.25) is 22.1 Å². The second kappa shape index (κ2) is 7.73. The van der Waals surface area contributed by atoms with E-state index in [0.717, 1.165) is 0 Å². The van der Waals surface area contributed by atoms with Gasteiger partial charge in [-0.25, -0.2) is 0 Å². The molecule has 124 valence electrons. The number of nitrogens with one attached hydrogen (secondary N) is 3. The van der Waals surface area contributed by atoms with Gasteiger partial charge in [-0.3, -0.25) is 14.9 Å². The molecule has 0 aliphatic carbocycles. The lowest BCUT2D eigenvalue weighted by Crippen LogP contribution is -2.41. The van der Waals surface area contributed by atoms with Crippen molar-refractivity contribution in [1.29, 1.82) is 0 Å². The second-order valence-corrected chi connectivity index (χ2v) is 6.54. The predicted molar refractivity (Wildman–Crippen MR) is 88.9 cm³/mol. The Kier molecular flexibility index (Phi) is 5.93. The third-order valence-electron chi connectivity index (χ3n) is 3.41. The highest BCUT2D eigenvalue weighted by Crippen LogP contribution is 2.32. The largest absolute Gasteiger partial charge is 0.316 e. The molecule has 0 bridgehead atoms. The molecule has 0 aromatic carbocycles. The summed E-state index contributed by atoms with van der Waals surface area (Å²) in [5, 5.41) is 24.3. The number of anilines is 2. The number of hydrogen-bond donors (Lipinski definition) is 3. The van der Waals surface area contributed by atoms with Gasteiger partial charge in [0.1, 0.15) is 11.0 Å². The molecule has 12 heteroatoms. The highest BCUT2D eigenvalue weighted by Gasteiger charge is 2.43. The molecule has 0 saturated carbocycles. The van der Waals surface area contributed by atoms with Crippen LogP contribution in [0.4, 0.5) is 10.3 Å². The summed E-state index contributed by atoms with van der Waals surface area (Å²) in [6.07, 6.45) is 0.658. The fraction of sp³-hybridized carbons (Fsp3) is 0.455. The van der Waals surface area contributed by atoms with Crippen molar-refractivity contribution in [3.8, 4) is 0 Å². The minimum atomic E-state index is -0.791. The van der Waals surface area contributed by atoms with E-state index in [2.05, 4.69) is 36.3 Å².